The highest BCUT2D eigenvalue weighted by Crippen LogP contribution is 2.28. The SMILES string of the molecule is Cc1ccccc1Cn1c(N2CCC(C(=O)NCc3ccccc3Cl)CC2)nc2ccccc21. The van der Waals surface area contributed by atoms with E-state index in [-0.39, 0.29) is 11.8 Å². The Bertz CT molecular complexity index is 1310. The number of aryl methyl sites for hydroxylation is 1. The highest BCUT2D eigenvalue weighted by atomic mass is 35.5. The molecule has 5 rings (SSSR count). The lowest BCUT2D eigenvalue weighted by Gasteiger charge is -2.32. The average molecular weight is 473 g/mol. The topological polar surface area (TPSA) is 50.2 Å². The van der Waals surface area contributed by atoms with Crippen molar-refractivity contribution in [3.63, 3.8) is 0 Å². The van der Waals surface area contributed by atoms with Crippen molar-refractivity contribution in [2.45, 2.75) is 32.9 Å². The zero-order valence-corrected chi connectivity index (χ0v) is 20.1. The fraction of sp³-hybridized carbons (Fsp3) is 0.286. The van der Waals surface area contributed by atoms with Crippen LogP contribution in [-0.4, -0.2) is 28.5 Å². The van der Waals surface area contributed by atoms with Crippen LogP contribution in [0.5, 0.6) is 0 Å². The number of para-hydroxylation sites is 2. The van der Waals surface area contributed by atoms with Gasteiger partial charge in [-0.1, -0.05) is 66.2 Å². The molecule has 34 heavy (non-hydrogen) atoms. The maximum absolute atomic E-state index is 12.8. The van der Waals surface area contributed by atoms with Crippen molar-refractivity contribution < 1.29 is 4.79 Å². The largest absolute Gasteiger partial charge is 0.352 e. The van der Waals surface area contributed by atoms with Gasteiger partial charge in [-0.05, 0) is 54.7 Å². The van der Waals surface area contributed by atoms with Gasteiger partial charge in [0.15, 0.2) is 0 Å². The van der Waals surface area contributed by atoms with Gasteiger partial charge in [0.25, 0.3) is 0 Å². The van der Waals surface area contributed by atoms with Gasteiger partial charge >= 0.3 is 0 Å². The second-order valence-electron chi connectivity index (χ2n) is 8.98. The molecule has 3 aromatic carbocycles. The smallest absolute Gasteiger partial charge is 0.223 e. The number of imidazole rings is 1. The Morgan fingerprint density at radius 3 is 2.41 bits per heavy atom. The monoisotopic (exact) mass is 472 g/mol. The Balaban J connectivity index is 1.29. The minimum Gasteiger partial charge on any atom is -0.352 e. The molecule has 4 aromatic rings. The van der Waals surface area contributed by atoms with E-state index in [9.17, 15) is 4.79 Å². The van der Waals surface area contributed by atoms with Gasteiger partial charge in [-0.25, -0.2) is 4.98 Å². The number of nitrogens with one attached hydrogen (secondary N) is 1. The van der Waals surface area contributed by atoms with E-state index in [2.05, 4.69) is 64.2 Å². The molecule has 1 aliphatic heterocycles. The number of amides is 1. The van der Waals surface area contributed by atoms with Gasteiger partial charge in [0.1, 0.15) is 0 Å². The third-order valence-electron chi connectivity index (χ3n) is 6.78. The van der Waals surface area contributed by atoms with E-state index in [1.807, 2.05) is 30.3 Å². The standard InChI is InChI=1S/C28H29ClN4O/c1-20-8-2-3-10-23(20)19-33-26-13-7-6-12-25(26)31-28(33)32-16-14-21(15-17-32)27(34)30-18-22-9-4-5-11-24(22)29/h2-13,21H,14-19H2,1H3,(H,30,34). The molecule has 0 bridgehead atoms. The molecule has 1 fully saturated rings. The first kappa shape index (κ1) is 22.5. The minimum absolute atomic E-state index is 0.00735. The van der Waals surface area contributed by atoms with E-state index >= 15 is 0 Å². The molecule has 1 saturated heterocycles. The lowest BCUT2D eigenvalue weighted by molar-refractivity contribution is -0.125. The number of aromatic nitrogens is 2. The molecular formula is C28H29ClN4O. The number of hydrogen-bond donors (Lipinski definition) is 1. The van der Waals surface area contributed by atoms with Crippen LogP contribution in [0.25, 0.3) is 11.0 Å². The van der Waals surface area contributed by atoms with Crippen LogP contribution in [0.15, 0.2) is 72.8 Å². The van der Waals surface area contributed by atoms with Gasteiger partial charge in [-0.15, -0.1) is 0 Å². The summed E-state index contributed by atoms with van der Waals surface area (Å²) >= 11 is 6.23. The number of benzene rings is 3. The van der Waals surface area contributed by atoms with Crippen molar-refractivity contribution in [1.29, 1.82) is 0 Å². The molecule has 1 N–H and O–H groups in total. The molecule has 0 atom stereocenters. The quantitative estimate of drug-likeness (QED) is 0.398. The van der Waals surface area contributed by atoms with Crippen molar-refractivity contribution in [1.82, 2.24) is 14.9 Å². The second kappa shape index (κ2) is 9.90. The lowest BCUT2D eigenvalue weighted by atomic mass is 9.96. The maximum atomic E-state index is 12.8. The molecule has 1 aliphatic rings. The van der Waals surface area contributed by atoms with Gasteiger partial charge in [0.2, 0.25) is 11.9 Å². The van der Waals surface area contributed by atoms with Crippen LogP contribution in [0.1, 0.15) is 29.5 Å². The Labute approximate surface area is 205 Å². The van der Waals surface area contributed by atoms with Crippen LogP contribution in [-0.2, 0) is 17.9 Å². The first-order chi connectivity index (χ1) is 16.6. The molecule has 1 amide bonds. The number of fused-ring (bicyclic) bond motifs is 1. The van der Waals surface area contributed by atoms with Crippen molar-refractivity contribution in [3.05, 3.63) is 94.5 Å². The van der Waals surface area contributed by atoms with E-state index < -0.39 is 0 Å². The van der Waals surface area contributed by atoms with Crippen molar-refractivity contribution in [2.24, 2.45) is 5.92 Å². The van der Waals surface area contributed by atoms with Crippen LogP contribution >= 0.6 is 11.6 Å². The molecule has 174 valence electrons. The first-order valence-corrected chi connectivity index (χ1v) is 12.2. The maximum Gasteiger partial charge on any atom is 0.223 e. The number of halogens is 1. The van der Waals surface area contributed by atoms with Gasteiger partial charge < -0.3 is 14.8 Å². The van der Waals surface area contributed by atoms with Crippen LogP contribution in [0.2, 0.25) is 5.02 Å². The Kier molecular flexibility index (Phi) is 6.54. The summed E-state index contributed by atoms with van der Waals surface area (Å²) in [6.45, 7) is 5.01. The van der Waals surface area contributed by atoms with Crippen molar-refractivity contribution in [2.75, 3.05) is 18.0 Å². The summed E-state index contributed by atoms with van der Waals surface area (Å²) in [5.41, 5.74) is 5.66. The summed E-state index contributed by atoms with van der Waals surface area (Å²) < 4.78 is 2.31. The van der Waals surface area contributed by atoms with E-state index in [4.69, 9.17) is 16.6 Å². The highest BCUT2D eigenvalue weighted by molar-refractivity contribution is 6.31. The number of carbonyl (C=O) groups excluding carboxylic acids is 1. The van der Waals surface area contributed by atoms with Crippen LogP contribution in [0, 0.1) is 12.8 Å². The van der Waals surface area contributed by atoms with Crippen LogP contribution in [0.4, 0.5) is 5.95 Å². The van der Waals surface area contributed by atoms with Crippen molar-refractivity contribution in [3.8, 4) is 0 Å². The Morgan fingerprint density at radius 1 is 0.971 bits per heavy atom. The van der Waals surface area contributed by atoms with E-state index in [1.54, 1.807) is 0 Å². The zero-order valence-electron chi connectivity index (χ0n) is 19.4. The predicted octanol–water partition coefficient (Wildman–Crippen LogP) is 5.58. The summed E-state index contributed by atoms with van der Waals surface area (Å²) in [4.78, 5) is 20.1. The number of nitrogens with zero attached hydrogens (tertiary/aromatic N) is 3. The molecule has 0 aliphatic carbocycles. The van der Waals surface area contributed by atoms with E-state index in [1.165, 1.54) is 11.1 Å². The molecule has 1 aromatic heterocycles. The Hall–Kier alpha value is -3.31. The van der Waals surface area contributed by atoms with Crippen LogP contribution < -0.4 is 10.2 Å². The molecule has 0 radical (unpaired) electrons. The molecular weight excluding hydrogens is 444 g/mol. The summed E-state index contributed by atoms with van der Waals surface area (Å²) in [7, 11) is 0. The zero-order chi connectivity index (χ0) is 23.5. The summed E-state index contributed by atoms with van der Waals surface area (Å²) in [6.07, 6.45) is 1.61. The molecule has 2 heterocycles. The number of carbonyl (C=O) groups is 1. The fourth-order valence-corrected chi connectivity index (χ4v) is 4.93. The van der Waals surface area contributed by atoms with Gasteiger partial charge in [0, 0.05) is 30.6 Å². The normalized spacial score (nSPS) is 14.5. The molecule has 6 heteroatoms. The van der Waals surface area contributed by atoms with Crippen molar-refractivity contribution >= 4 is 34.5 Å². The lowest BCUT2D eigenvalue weighted by Crippen LogP contribution is -2.41. The predicted molar refractivity (Wildman–Crippen MR) is 138 cm³/mol. The molecule has 0 unspecified atom stereocenters. The van der Waals surface area contributed by atoms with Gasteiger partial charge in [0.05, 0.1) is 17.6 Å². The molecule has 0 saturated carbocycles. The number of rotatable bonds is 6. The number of hydrogen-bond acceptors (Lipinski definition) is 3. The second-order valence-corrected chi connectivity index (χ2v) is 9.39. The third-order valence-corrected chi connectivity index (χ3v) is 7.15. The highest BCUT2D eigenvalue weighted by Gasteiger charge is 2.27. The number of anilines is 1. The van der Waals surface area contributed by atoms with E-state index in [0.29, 0.717) is 11.6 Å². The van der Waals surface area contributed by atoms with E-state index in [0.717, 1.165) is 55.0 Å². The fourth-order valence-electron chi connectivity index (χ4n) is 4.73. The summed E-state index contributed by atoms with van der Waals surface area (Å²) in [5, 5.41) is 3.76. The first-order valence-electron chi connectivity index (χ1n) is 11.9. The molecule has 0 spiro atoms. The minimum atomic E-state index is 0.00735. The number of piperidine rings is 1. The molecule has 5 nitrogen and oxygen atoms in total. The summed E-state index contributed by atoms with van der Waals surface area (Å²) in [6, 6.07) is 24.5. The van der Waals surface area contributed by atoms with Gasteiger partial charge in [-0.2, -0.15) is 0 Å². The van der Waals surface area contributed by atoms with Gasteiger partial charge in [-0.3, -0.25) is 4.79 Å². The van der Waals surface area contributed by atoms with Crippen LogP contribution in [0.3, 0.4) is 0 Å². The third kappa shape index (κ3) is 4.66. The average Bonchev–Trinajstić information content (AvgIpc) is 3.23. The Morgan fingerprint density at radius 2 is 1.65 bits per heavy atom. The summed E-state index contributed by atoms with van der Waals surface area (Å²) in [5.74, 6) is 1.10.